The topological polar surface area (TPSA) is 43.8 Å². The van der Waals surface area contributed by atoms with Crippen LogP contribution in [0.15, 0.2) is 6.20 Å². The summed E-state index contributed by atoms with van der Waals surface area (Å²) in [6, 6.07) is 0. The van der Waals surface area contributed by atoms with Crippen molar-refractivity contribution >= 4 is 0 Å². The molecule has 1 rings (SSSR count). The van der Waals surface area contributed by atoms with Crippen LogP contribution in [0.4, 0.5) is 8.78 Å². The Morgan fingerprint density at radius 3 is 2.57 bits per heavy atom. The molecular weight excluding hydrogens is 188 g/mol. The second kappa shape index (κ2) is 3.65. The number of aryl methyl sites for hydroxylation is 1. The Kier molecular flexibility index (Phi) is 2.89. The molecule has 0 spiro atoms. The lowest BCUT2D eigenvalue weighted by Crippen LogP contribution is -2.28. The molecule has 0 aliphatic heterocycles. The molecule has 0 unspecified atom stereocenters. The van der Waals surface area contributed by atoms with E-state index >= 15 is 0 Å². The third-order valence-electron chi connectivity index (χ3n) is 2.30. The van der Waals surface area contributed by atoms with Crippen molar-refractivity contribution in [2.75, 3.05) is 6.54 Å². The summed E-state index contributed by atoms with van der Waals surface area (Å²) in [5.74, 6) is 0. The summed E-state index contributed by atoms with van der Waals surface area (Å²) >= 11 is 0. The molecule has 80 valence electrons. The van der Waals surface area contributed by atoms with Gasteiger partial charge in [0.05, 0.1) is 0 Å². The molecule has 1 aromatic rings. The van der Waals surface area contributed by atoms with Gasteiger partial charge in [-0.2, -0.15) is 5.10 Å². The van der Waals surface area contributed by atoms with Crippen molar-refractivity contribution in [1.29, 1.82) is 0 Å². The maximum absolute atomic E-state index is 12.6. The van der Waals surface area contributed by atoms with Gasteiger partial charge in [0.2, 0.25) is 0 Å². The normalized spacial score (nSPS) is 12.5. The van der Waals surface area contributed by atoms with Crippen molar-refractivity contribution in [3.63, 3.8) is 0 Å². The second-order valence-corrected chi connectivity index (χ2v) is 3.99. The van der Waals surface area contributed by atoms with Crippen LogP contribution in [-0.2, 0) is 12.5 Å². The van der Waals surface area contributed by atoms with Crippen LogP contribution in [0.25, 0.3) is 0 Å². The summed E-state index contributed by atoms with van der Waals surface area (Å²) in [5, 5.41) is 3.74. The van der Waals surface area contributed by atoms with E-state index in [-0.39, 0.29) is 5.69 Å². The van der Waals surface area contributed by atoms with Crippen LogP contribution in [-0.4, -0.2) is 16.3 Å². The molecule has 2 N–H and O–H groups in total. The highest BCUT2D eigenvalue weighted by Crippen LogP contribution is 2.30. The summed E-state index contributed by atoms with van der Waals surface area (Å²) in [4.78, 5) is 0. The smallest absolute Gasteiger partial charge is 0.282 e. The minimum absolute atomic E-state index is 0.164. The molecule has 3 nitrogen and oxygen atoms in total. The fourth-order valence-corrected chi connectivity index (χ4v) is 1.30. The SMILES string of the molecule is Cn1cc(C(C)(C)CN)c(C(F)F)n1. The monoisotopic (exact) mass is 203 g/mol. The number of alkyl halides is 2. The molecule has 0 aliphatic carbocycles. The van der Waals surface area contributed by atoms with Crippen LogP contribution in [0.5, 0.6) is 0 Å². The van der Waals surface area contributed by atoms with Gasteiger partial charge < -0.3 is 5.73 Å². The van der Waals surface area contributed by atoms with Crippen LogP contribution >= 0.6 is 0 Å². The quantitative estimate of drug-likeness (QED) is 0.810. The highest BCUT2D eigenvalue weighted by atomic mass is 19.3. The van der Waals surface area contributed by atoms with Crippen LogP contribution in [0, 0.1) is 0 Å². The largest absolute Gasteiger partial charge is 0.330 e. The summed E-state index contributed by atoms with van der Waals surface area (Å²) in [6.07, 6.45) is -0.939. The highest BCUT2D eigenvalue weighted by Gasteiger charge is 2.28. The Labute approximate surface area is 81.9 Å². The predicted octanol–water partition coefficient (Wildman–Crippen LogP) is 1.59. The standard InChI is InChI=1S/C9H15F2N3/c1-9(2,5-12)6-4-14(3)13-7(6)8(10)11/h4,8H,5,12H2,1-3H3. The van der Waals surface area contributed by atoms with Gasteiger partial charge in [0.1, 0.15) is 5.69 Å². The van der Waals surface area contributed by atoms with Gasteiger partial charge in [-0.05, 0) is 0 Å². The summed E-state index contributed by atoms with van der Waals surface area (Å²) in [6.45, 7) is 3.98. The van der Waals surface area contributed by atoms with Gasteiger partial charge in [-0.3, -0.25) is 4.68 Å². The van der Waals surface area contributed by atoms with Gasteiger partial charge >= 0.3 is 0 Å². The van der Waals surface area contributed by atoms with E-state index in [1.165, 1.54) is 4.68 Å². The molecule has 0 radical (unpaired) electrons. The van der Waals surface area contributed by atoms with E-state index in [9.17, 15) is 8.78 Å². The maximum Gasteiger partial charge on any atom is 0.282 e. The Bertz CT molecular complexity index is 318. The van der Waals surface area contributed by atoms with Crippen molar-refractivity contribution in [2.24, 2.45) is 12.8 Å². The van der Waals surface area contributed by atoms with Crippen LogP contribution < -0.4 is 5.73 Å². The predicted molar refractivity (Wildman–Crippen MR) is 50.2 cm³/mol. The molecule has 0 bridgehead atoms. The zero-order chi connectivity index (χ0) is 10.9. The van der Waals surface area contributed by atoms with E-state index in [4.69, 9.17) is 5.73 Å². The first-order valence-corrected chi connectivity index (χ1v) is 4.40. The van der Waals surface area contributed by atoms with Gasteiger partial charge in [-0.15, -0.1) is 0 Å². The molecule has 0 atom stereocenters. The number of halogens is 2. The molecular formula is C9H15F2N3. The molecule has 5 heteroatoms. The average Bonchev–Trinajstić information content (AvgIpc) is 2.48. The number of hydrogen-bond donors (Lipinski definition) is 1. The van der Waals surface area contributed by atoms with Crippen LogP contribution in [0.1, 0.15) is 31.5 Å². The van der Waals surface area contributed by atoms with Crippen LogP contribution in [0.2, 0.25) is 0 Å². The van der Waals surface area contributed by atoms with Crippen molar-refractivity contribution in [3.05, 3.63) is 17.5 Å². The third-order valence-corrected chi connectivity index (χ3v) is 2.30. The average molecular weight is 203 g/mol. The Morgan fingerprint density at radius 1 is 1.57 bits per heavy atom. The van der Waals surface area contributed by atoms with E-state index < -0.39 is 11.8 Å². The molecule has 14 heavy (non-hydrogen) atoms. The Hall–Kier alpha value is -0.970. The van der Waals surface area contributed by atoms with E-state index in [1.807, 2.05) is 13.8 Å². The molecule has 0 aliphatic rings. The van der Waals surface area contributed by atoms with Gasteiger partial charge in [0.15, 0.2) is 0 Å². The lowest BCUT2D eigenvalue weighted by molar-refractivity contribution is 0.142. The van der Waals surface area contributed by atoms with Crippen molar-refractivity contribution in [1.82, 2.24) is 9.78 Å². The third kappa shape index (κ3) is 1.92. The van der Waals surface area contributed by atoms with Crippen molar-refractivity contribution in [3.8, 4) is 0 Å². The number of aromatic nitrogens is 2. The number of nitrogens with zero attached hydrogens (tertiary/aromatic N) is 2. The highest BCUT2D eigenvalue weighted by molar-refractivity contribution is 5.27. The molecule has 1 aromatic heterocycles. The molecule has 0 aromatic carbocycles. The fourth-order valence-electron chi connectivity index (χ4n) is 1.30. The van der Waals surface area contributed by atoms with Gasteiger partial charge in [-0.25, -0.2) is 8.78 Å². The second-order valence-electron chi connectivity index (χ2n) is 3.99. The molecule has 0 saturated heterocycles. The van der Waals surface area contributed by atoms with Crippen molar-refractivity contribution < 1.29 is 8.78 Å². The number of rotatable bonds is 3. The minimum Gasteiger partial charge on any atom is -0.330 e. The van der Waals surface area contributed by atoms with E-state index in [1.54, 1.807) is 13.2 Å². The Morgan fingerprint density at radius 2 is 2.14 bits per heavy atom. The number of nitrogens with two attached hydrogens (primary N) is 1. The lowest BCUT2D eigenvalue weighted by Gasteiger charge is -2.21. The summed E-state index contributed by atoms with van der Waals surface area (Å²) < 4.78 is 26.6. The molecule has 0 saturated carbocycles. The van der Waals surface area contributed by atoms with Gasteiger partial charge in [-0.1, -0.05) is 13.8 Å². The van der Waals surface area contributed by atoms with Crippen LogP contribution in [0.3, 0.4) is 0 Å². The van der Waals surface area contributed by atoms with E-state index in [0.717, 1.165) is 0 Å². The summed E-state index contributed by atoms with van der Waals surface area (Å²) in [7, 11) is 1.63. The van der Waals surface area contributed by atoms with Gasteiger partial charge in [0.25, 0.3) is 6.43 Å². The first-order chi connectivity index (χ1) is 6.38. The maximum atomic E-state index is 12.6. The van der Waals surface area contributed by atoms with Crippen molar-refractivity contribution in [2.45, 2.75) is 25.7 Å². The minimum atomic E-state index is -2.54. The summed E-state index contributed by atoms with van der Waals surface area (Å²) in [5.41, 5.74) is 5.44. The first kappa shape index (κ1) is 11.1. The zero-order valence-corrected chi connectivity index (χ0v) is 8.59. The zero-order valence-electron chi connectivity index (χ0n) is 8.59. The van der Waals surface area contributed by atoms with Gasteiger partial charge in [0, 0.05) is 30.8 Å². The lowest BCUT2D eigenvalue weighted by atomic mass is 9.85. The number of hydrogen-bond acceptors (Lipinski definition) is 2. The molecule has 0 amide bonds. The first-order valence-electron chi connectivity index (χ1n) is 4.40. The van der Waals surface area contributed by atoms with E-state index in [2.05, 4.69) is 5.10 Å². The molecule has 0 fully saturated rings. The fraction of sp³-hybridized carbons (Fsp3) is 0.667. The molecule has 1 heterocycles. The Balaban J connectivity index is 3.19. The van der Waals surface area contributed by atoms with E-state index in [0.29, 0.717) is 12.1 Å².